The molecule has 0 radical (unpaired) electrons. The predicted molar refractivity (Wildman–Crippen MR) is 99.1 cm³/mol. The fourth-order valence-electron chi connectivity index (χ4n) is 2.11. The van der Waals surface area contributed by atoms with E-state index in [1.54, 1.807) is 6.07 Å². The van der Waals surface area contributed by atoms with Gasteiger partial charge in [0.25, 0.3) is 0 Å². The number of carbonyl (C=O) groups is 1. The first-order valence-corrected chi connectivity index (χ1v) is 9.08. The minimum absolute atomic E-state index is 0.0920. The lowest BCUT2D eigenvalue weighted by molar-refractivity contribution is -0.138. The number of rotatable bonds is 4. The highest BCUT2D eigenvalue weighted by atomic mass is 35.5. The number of alkyl halides is 3. The zero-order valence-electron chi connectivity index (χ0n) is 14.0. The Kier molecular flexibility index (Phi) is 6.63. The number of hydrogen-bond donors (Lipinski definition) is 1. The third kappa shape index (κ3) is 5.28. The van der Waals surface area contributed by atoms with Gasteiger partial charge in [-0.2, -0.15) is 18.4 Å². The number of halogens is 5. The third-order valence-corrected chi connectivity index (χ3v) is 5.03. The van der Waals surface area contributed by atoms with Gasteiger partial charge in [-0.05, 0) is 38.1 Å². The van der Waals surface area contributed by atoms with Gasteiger partial charge in [0.1, 0.15) is 11.1 Å². The van der Waals surface area contributed by atoms with Crippen LogP contribution in [0.2, 0.25) is 10.0 Å². The largest absolute Gasteiger partial charge is 0.417 e. The summed E-state index contributed by atoms with van der Waals surface area (Å²) in [6, 6.07) is 6.84. The molecule has 0 saturated heterocycles. The Morgan fingerprint density at radius 3 is 2.59 bits per heavy atom. The van der Waals surface area contributed by atoms with Gasteiger partial charge < -0.3 is 5.32 Å². The van der Waals surface area contributed by atoms with Crippen LogP contribution in [0.15, 0.2) is 29.3 Å². The quantitative estimate of drug-likeness (QED) is 0.627. The Balaban J connectivity index is 2.28. The Morgan fingerprint density at radius 2 is 2.00 bits per heavy atom. The fraction of sp³-hybridized carbons (Fsp3) is 0.235. The van der Waals surface area contributed by atoms with Crippen molar-refractivity contribution in [3.8, 4) is 6.07 Å². The molecule has 0 fully saturated rings. The van der Waals surface area contributed by atoms with E-state index in [2.05, 4.69) is 10.3 Å². The highest BCUT2D eigenvalue weighted by Gasteiger charge is 2.36. The van der Waals surface area contributed by atoms with Crippen molar-refractivity contribution >= 4 is 46.6 Å². The second-order valence-electron chi connectivity index (χ2n) is 5.47. The van der Waals surface area contributed by atoms with E-state index in [-0.39, 0.29) is 21.4 Å². The van der Waals surface area contributed by atoms with Crippen LogP contribution in [0, 0.1) is 18.3 Å². The minimum Gasteiger partial charge on any atom is -0.324 e. The van der Waals surface area contributed by atoms with Crippen molar-refractivity contribution in [2.24, 2.45) is 0 Å². The monoisotopic (exact) mass is 433 g/mol. The second-order valence-corrected chi connectivity index (χ2v) is 7.65. The number of hydrogen-bond acceptors (Lipinski definition) is 4. The minimum atomic E-state index is -4.70. The summed E-state index contributed by atoms with van der Waals surface area (Å²) < 4.78 is 39.5. The molecule has 10 heteroatoms. The highest BCUT2D eigenvalue weighted by Crippen LogP contribution is 2.37. The second kappa shape index (κ2) is 8.38. The molecule has 0 aliphatic heterocycles. The van der Waals surface area contributed by atoms with Gasteiger partial charge in [0, 0.05) is 10.7 Å². The third-order valence-electron chi connectivity index (χ3n) is 3.38. The van der Waals surface area contributed by atoms with E-state index in [4.69, 9.17) is 23.2 Å². The summed E-state index contributed by atoms with van der Waals surface area (Å²) in [5, 5.41) is 11.3. The van der Waals surface area contributed by atoms with Crippen LogP contribution in [0.1, 0.15) is 23.7 Å². The first-order chi connectivity index (χ1) is 12.5. The van der Waals surface area contributed by atoms with Gasteiger partial charge in [-0.15, -0.1) is 0 Å². The standard InChI is InChI=1S/C17H12Cl2F3N3OS/c1-8-5-12(17(20,21)22)11(7-23)16(24-8)27-9(2)15(26)25-14-6-10(18)3-4-13(14)19/h3-6,9H,1-2H3,(H,25,26). The van der Waals surface area contributed by atoms with Crippen LogP contribution in [-0.2, 0) is 11.0 Å². The molecule has 0 saturated carbocycles. The van der Waals surface area contributed by atoms with Crippen LogP contribution in [0.25, 0.3) is 0 Å². The van der Waals surface area contributed by atoms with Gasteiger partial charge in [-0.25, -0.2) is 4.98 Å². The van der Waals surface area contributed by atoms with Crippen molar-refractivity contribution < 1.29 is 18.0 Å². The van der Waals surface area contributed by atoms with E-state index in [9.17, 15) is 23.2 Å². The molecule has 0 spiro atoms. The van der Waals surface area contributed by atoms with E-state index in [1.807, 2.05) is 0 Å². The lowest BCUT2D eigenvalue weighted by Gasteiger charge is -2.16. The lowest BCUT2D eigenvalue weighted by Crippen LogP contribution is -2.23. The zero-order valence-corrected chi connectivity index (χ0v) is 16.3. The molecule has 142 valence electrons. The van der Waals surface area contributed by atoms with Crippen LogP contribution in [0.5, 0.6) is 0 Å². The molecule has 1 amide bonds. The van der Waals surface area contributed by atoms with E-state index in [0.29, 0.717) is 5.02 Å². The molecule has 1 atom stereocenters. The predicted octanol–water partition coefficient (Wildman–Crippen LogP) is 5.71. The maximum absolute atomic E-state index is 13.2. The number of aromatic nitrogens is 1. The van der Waals surface area contributed by atoms with E-state index < -0.39 is 28.5 Å². The molecule has 0 aliphatic rings. The molecule has 0 aliphatic carbocycles. The number of nitrogens with zero attached hydrogens (tertiary/aromatic N) is 2. The van der Waals surface area contributed by atoms with Crippen molar-refractivity contribution in [2.45, 2.75) is 30.3 Å². The summed E-state index contributed by atoms with van der Waals surface area (Å²) in [4.78, 5) is 16.4. The number of nitrogens with one attached hydrogen (secondary N) is 1. The van der Waals surface area contributed by atoms with Crippen LogP contribution in [0.4, 0.5) is 18.9 Å². The molecule has 1 heterocycles. The number of carbonyl (C=O) groups excluding carboxylic acids is 1. The molecule has 1 aromatic heterocycles. The molecule has 1 N–H and O–H groups in total. The summed E-state index contributed by atoms with van der Waals surface area (Å²) in [5.74, 6) is -0.523. The number of nitriles is 1. The van der Waals surface area contributed by atoms with Crippen LogP contribution in [0.3, 0.4) is 0 Å². The average Bonchev–Trinajstić information content (AvgIpc) is 2.56. The molecule has 1 aromatic carbocycles. The van der Waals surface area contributed by atoms with Gasteiger partial charge >= 0.3 is 6.18 Å². The first-order valence-electron chi connectivity index (χ1n) is 7.44. The Hall–Kier alpha value is -1.95. The number of benzene rings is 1. The molecular weight excluding hydrogens is 422 g/mol. The zero-order chi connectivity index (χ0) is 20.4. The summed E-state index contributed by atoms with van der Waals surface area (Å²) in [6.45, 7) is 2.87. The first kappa shape index (κ1) is 21.4. The van der Waals surface area contributed by atoms with E-state index in [0.717, 1.165) is 17.8 Å². The summed E-state index contributed by atoms with van der Waals surface area (Å²) in [6.07, 6.45) is -4.70. The lowest BCUT2D eigenvalue weighted by atomic mass is 10.1. The number of amides is 1. The van der Waals surface area contributed by atoms with Crippen molar-refractivity contribution in [2.75, 3.05) is 5.32 Å². The maximum Gasteiger partial charge on any atom is 0.417 e. The molecule has 4 nitrogen and oxygen atoms in total. The average molecular weight is 434 g/mol. The van der Waals surface area contributed by atoms with Crippen LogP contribution < -0.4 is 5.32 Å². The SMILES string of the molecule is Cc1cc(C(F)(F)F)c(C#N)c(SC(C)C(=O)Nc2cc(Cl)ccc2Cl)n1. The Bertz CT molecular complexity index is 929. The van der Waals surface area contributed by atoms with Crippen molar-refractivity contribution in [3.63, 3.8) is 0 Å². The molecule has 2 aromatic rings. The van der Waals surface area contributed by atoms with E-state index in [1.165, 1.54) is 32.0 Å². The van der Waals surface area contributed by atoms with Gasteiger partial charge in [-0.1, -0.05) is 35.0 Å². The van der Waals surface area contributed by atoms with Gasteiger partial charge in [0.15, 0.2) is 0 Å². The Labute approximate surface area is 167 Å². The number of thioether (sulfide) groups is 1. The van der Waals surface area contributed by atoms with Crippen LogP contribution >= 0.6 is 35.0 Å². The molecular formula is C17H12Cl2F3N3OS. The van der Waals surface area contributed by atoms with Crippen molar-refractivity contribution in [1.29, 1.82) is 5.26 Å². The topological polar surface area (TPSA) is 65.8 Å². The molecule has 0 bridgehead atoms. The maximum atomic E-state index is 13.2. The Morgan fingerprint density at radius 1 is 1.33 bits per heavy atom. The van der Waals surface area contributed by atoms with Crippen molar-refractivity contribution in [1.82, 2.24) is 4.98 Å². The van der Waals surface area contributed by atoms with Crippen LogP contribution in [-0.4, -0.2) is 16.1 Å². The van der Waals surface area contributed by atoms with E-state index >= 15 is 0 Å². The number of aryl methyl sites for hydroxylation is 1. The van der Waals surface area contributed by atoms with Gasteiger partial charge in [0.05, 0.1) is 27.1 Å². The molecule has 2 rings (SSSR count). The number of anilines is 1. The smallest absolute Gasteiger partial charge is 0.324 e. The number of pyridine rings is 1. The summed E-state index contributed by atoms with van der Waals surface area (Å²) in [5.41, 5.74) is -1.33. The van der Waals surface area contributed by atoms with Gasteiger partial charge in [0.2, 0.25) is 5.91 Å². The summed E-state index contributed by atoms with van der Waals surface area (Å²) >= 11 is 12.6. The van der Waals surface area contributed by atoms with Gasteiger partial charge in [-0.3, -0.25) is 4.79 Å². The van der Waals surface area contributed by atoms with Crippen molar-refractivity contribution in [3.05, 3.63) is 51.1 Å². The summed E-state index contributed by atoms with van der Waals surface area (Å²) in [7, 11) is 0. The molecule has 27 heavy (non-hydrogen) atoms. The highest BCUT2D eigenvalue weighted by molar-refractivity contribution is 8.00. The molecule has 1 unspecified atom stereocenters. The fourth-order valence-corrected chi connectivity index (χ4v) is 3.42. The normalized spacial score (nSPS) is 12.4.